The number of hydrogen-bond acceptors (Lipinski definition) is 0. The molecule has 0 saturated heterocycles. The fourth-order valence-corrected chi connectivity index (χ4v) is 0. The van der Waals surface area contributed by atoms with Crippen LogP contribution in [0.1, 0.15) is 0 Å². The molecule has 0 saturated carbocycles. The van der Waals surface area contributed by atoms with Gasteiger partial charge in [-0.25, -0.2) is 0 Å². The maximum Gasteiger partial charge on any atom is 0.0184 e. The molecule has 0 aromatic rings. The minimum absolute atomic E-state index is 0. The van der Waals surface area contributed by atoms with Crippen molar-refractivity contribution >= 4 is 61.2 Å². The quantitative estimate of drug-likeness (QED) is 0.597. The number of hydrogen-bond donors (Lipinski definition) is 0. The standard InChI is InChI=1S/CH3Si.3BrH/c1-2;;;/h1H3;3*1H. The fraction of sp³-hybridized carbons (Fsp3) is 1.00. The Bertz CT molecular complexity index is 6.85. The van der Waals surface area contributed by atoms with Crippen LogP contribution in [0.5, 0.6) is 0 Å². The van der Waals surface area contributed by atoms with Crippen molar-refractivity contribution < 1.29 is 0 Å². The Morgan fingerprint density at radius 2 is 0.800 bits per heavy atom. The van der Waals surface area contributed by atoms with Crippen molar-refractivity contribution in [2.75, 3.05) is 0 Å². The lowest BCUT2D eigenvalue weighted by Gasteiger charge is -1.03. The Morgan fingerprint density at radius 1 is 0.800 bits per heavy atom. The van der Waals surface area contributed by atoms with Crippen LogP contribution in [0.25, 0.3) is 0 Å². The monoisotopic (exact) mass is 283 g/mol. The van der Waals surface area contributed by atoms with Gasteiger partial charge in [-0.15, -0.1) is 50.9 Å². The molecule has 3 radical (unpaired) electrons. The average Bonchev–Trinajstić information content (AvgIpc) is 1.00. The van der Waals surface area contributed by atoms with Crippen LogP contribution in [0, 0.1) is 0 Å². The first-order valence-electron chi connectivity index (χ1n) is 0.500. The minimum atomic E-state index is 0. The van der Waals surface area contributed by atoms with Crippen molar-refractivity contribution in [3.63, 3.8) is 0 Å². The minimum Gasteiger partial charge on any atom is -0.114 e. The van der Waals surface area contributed by atoms with E-state index in [4.69, 9.17) is 0 Å². The molecule has 0 N–H and O–H groups in total. The second-order valence-electron chi connectivity index (χ2n) is 0. The van der Waals surface area contributed by atoms with Gasteiger partial charge in [0.2, 0.25) is 0 Å². The summed E-state index contributed by atoms with van der Waals surface area (Å²) in [5, 5.41) is 0. The van der Waals surface area contributed by atoms with Gasteiger partial charge in [-0.3, -0.25) is 0 Å². The molecule has 0 heterocycles. The summed E-state index contributed by atoms with van der Waals surface area (Å²) in [6, 6.07) is 0. The highest BCUT2D eigenvalue weighted by molar-refractivity contribution is 8.93. The van der Waals surface area contributed by atoms with E-state index in [2.05, 4.69) is 10.2 Å². The molecule has 0 fully saturated rings. The van der Waals surface area contributed by atoms with E-state index in [9.17, 15) is 0 Å². The van der Waals surface area contributed by atoms with Gasteiger partial charge >= 0.3 is 0 Å². The third-order valence-corrected chi connectivity index (χ3v) is 0. The summed E-state index contributed by atoms with van der Waals surface area (Å²) < 4.78 is 0. The largest absolute Gasteiger partial charge is 0.114 e. The summed E-state index contributed by atoms with van der Waals surface area (Å²) in [5.74, 6) is 0. The molecule has 5 heavy (non-hydrogen) atoms. The van der Waals surface area contributed by atoms with Gasteiger partial charge in [0.15, 0.2) is 0 Å². The molecule has 0 aliphatic heterocycles. The van der Waals surface area contributed by atoms with Crippen molar-refractivity contribution in [2.45, 2.75) is 6.55 Å². The Morgan fingerprint density at radius 3 is 0.800 bits per heavy atom. The predicted molar refractivity (Wildman–Crippen MR) is 42.6 cm³/mol. The predicted octanol–water partition coefficient (Wildman–Crippen LogP) is 1.94. The van der Waals surface area contributed by atoms with Crippen molar-refractivity contribution in [1.82, 2.24) is 0 Å². The molecular formula is CH6Br3Si. The first-order chi connectivity index (χ1) is 1.00. The van der Waals surface area contributed by atoms with Crippen molar-refractivity contribution in [3.8, 4) is 0 Å². The average molecular weight is 286 g/mol. The zero-order chi connectivity index (χ0) is 2.00. The summed E-state index contributed by atoms with van der Waals surface area (Å²) in [7, 11) is 2.97. The molecule has 0 nitrogen and oxygen atoms in total. The van der Waals surface area contributed by atoms with E-state index in [0.29, 0.717) is 0 Å². The molecule has 4 heteroatoms. The van der Waals surface area contributed by atoms with Crippen molar-refractivity contribution in [1.29, 1.82) is 0 Å². The molecule has 0 bridgehead atoms. The molecular weight excluding hydrogens is 280 g/mol. The molecule has 0 unspecified atom stereocenters. The molecule has 0 atom stereocenters. The zero-order valence-electron chi connectivity index (χ0n) is 2.72. The summed E-state index contributed by atoms with van der Waals surface area (Å²) in [6.45, 7) is 1.81. The molecule has 0 aliphatic rings. The normalized spacial score (nSPS) is 1.20. The van der Waals surface area contributed by atoms with E-state index in [-0.39, 0.29) is 50.9 Å². The summed E-state index contributed by atoms with van der Waals surface area (Å²) >= 11 is 0. The third-order valence-electron chi connectivity index (χ3n) is 0. The highest BCUT2D eigenvalue weighted by Crippen LogP contribution is 0.960. The van der Waals surface area contributed by atoms with Crippen LogP contribution in [-0.4, -0.2) is 10.2 Å². The van der Waals surface area contributed by atoms with E-state index < -0.39 is 0 Å². The Labute approximate surface area is 67.4 Å². The fourth-order valence-electron chi connectivity index (χ4n) is 0. The topological polar surface area (TPSA) is 0 Å². The van der Waals surface area contributed by atoms with Crippen LogP contribution in [0.2, 0.25) is 6.55 Å². The molecule has 0 spiro atoms. The van der Waals surface area contributed by atoms with E-state index in [1.165, 1.54) is 0 Å². The number of halogens is 3. The summed E-state index contributed by atoms with van der Waals surface area (Å²) in [5.41, 5.74) is 0. The first kappa shape index (κ1) is 30.2. The van der Waals surface area contributed by atoms with Gasteiger partial charge in [0.25, 0.3) is 0 Å². The lowest BCUT2D eigenvalue weighted by molar-refractivity contribution is 2.40. The second-order valence-corrected chi connectivity index (χ2v) is 0. The molecule has 35 valence electrons. The third kappa shape index (κ3) is 27.6. The summed E-state index contributed by atoms with van der Waals surface area (Å²) in [6.07, 6.45) is 0. The van der Waals surface area contributed by atoms with Crippen LogP contribution in [-0.2, 0) is 0 Å². The lowest BCUT2D eigenvalue weighted by atomic mass is 11.9. The van der Waals surface area contributed by atoms with Crippen LogP contribution in [0.4, 0.5) is 0 Å². The van der Waals surface area contributed by atoms with Gasteiger partial charge in [0.1, 0.15) is 0 Å². The van der Waals surface area contributed by atoms with Crippen LogP contribution in [0.15, 0.2) is 0 Å². The first-order valence-corrected chi connectivity index (χ1v) is 1.50. The van der Waals surface area contributed by atoms with E-state index in [0.717, 1.165) is 0 Å². The zero-order valence-corrected chi connectivity index (χ0v) is 8.86. The highest BCUT2D eigenvalue weighted by Gasteiger charge is 0.972. The van der Waals surface area contributed by atoms with Crippen LogP contribution < -0.4 is 0 Å². The SMILES string of the molecule is Br.Br.Br.C[Si]. The molecule has 0 rings (SSSR count). The smallest absolute Gasteiger partial charge is 0.0184 e. The molecule has 0 aromatic heterocycles. The summed E-state index contributed by atoms with van der Waals surface area (Å²) in [4.78, 5) is 0. The molecule has 0 amide bonds. The highest BCUT2D eigenvalue weighted by atomic mass is 79.9. The van der Waals surface area contributed by atoms with Gasteiger partial charge in [-0.05, 0) is 0 Å². The van der Waals surface area contributed by atoms with E-state index in [1.807, 2.05) is 0 Å². The van der Waals surface area contributed by atoms with Crippen LogP contribution >= 0.6 is 50.9 Å². The van der Waals surface area contributed by atoms with Gasteiger partial charge in [-0.2, -0.15) is 0 Å². The van der Waals surface area contributed by atoms with Crippen molar-refractivity contribution in [3.05, 3.63) is 0 Å². The van der Waals surface area contributed by atoms with Gasteiger partial charge in [0, 0.05) is 10.2 Å². The lowest BCUT2D eigenvalue weighted by Crippen LogP contribution is -1.13. The maximum atomic E-state index is 2.97. The number of rotatable bonds is 0. The second kappa shape index (κ2) is 44.7. The van der Waals surface area contributed by atoms with Crippen molar-refractivity contribution in [2.24, 2.45) is 0 Å². The van der Waals surface area contributed by atoms with Gasteiger partial charge in [-0.1, -0.05) is 6.55 Å². The van der Waals surface area contributed by atoms with Gasteiger partial charge < -0.3 is 0 Å². The Balaban J connectivity index is -0.00000000167. The van der Waals surface area contributed by atoms with Crippen LogP contribution in [0.3, 0.4) is 0 Å². The van der Waals surface area contributed by atoms with E-state index in [1.54, 1.807) is 6.55 Å². The molecule has 0 aromatic carbocycles. The van der Waals surface area contributed by atoms with Gasteiger partial charge in [0.05, 0.1) is 0 Å². The Hall–Kier alpha value is 1.66. The van der Waals surface area contributed by atoms with E-state index >= 15 is 0 Å². The maximum absolute atomic E-state index is 2.97. The molecule has 0 aliphatic carbocycles. The Kier molecular flexibility index (Phi) is 270.